The second-order valence-corrected chi connectivity index (χ2v) is 8.39. The summed E-state index contributed by atoms with van der Waals surface area (Å²) in [5.41, 5.74) is 2.26. The largest absolute Gasteiger partial charge is 0.491 e. The van der Waals surface area contributed by atoms with Crippen LogP contribution < -0.4 is 14.2 Å². The van der Waals surface area contributed by atoms with Crippen LogP contribution in [0, 0.1) is 0 Å². The molecule has 0 aromatic heterocycles. The zero-order valence-corrected chi connectivity index (χ0v) is 17.3. The van der Waals surface area contributed by atoms with Gasteiger partial charge in [-0.3, -0.25) is 4.90 Å². The lowest BCUT2D eigenvalue weighted by Crippen LogP contribution is -2.33. The Morgan fingerprint density at radius 3 is 2.54 bits per heavy atom. The van der Waals surface area contributed by atoms with E-state index in [1.165, 1.54) is 0 Å². The molecule has 1 aliphatic rings. The van der Waals surface area contributed by atoms with E-state index in [0.717, 1.165) is 28.4 Å². The van der Waals surface area contributed by atoms with Crippen LogP contribution in [0.5, 0.6) is 17.2 Å². The number of para-hydroxylation sites is 1. The summed E-state index contributed by atoms with van der Waals surface area (Å²) >= 11 is 0. The van der Waals surface area contributed by atoms with Crippen LogP contribution in [0.15, 0.2) is 42.5 Å². The molecule has 0 radical (unpaired) electrons. The van der Waals surface area contributed by atoms with Crippen molar-refractivity contribution >= 4 is 0 Å². The predicted octanol–water partition coefficient (Wildman–Crippen LogP) is 3.63. The first kappa shape index (κ1) is 20.5. The van der Waals surface area contributed by atoms with Crippen molar-refractivity contribution in [3.8, 4) is 17.2 Å². The minimum absolute atomic E-state index is 0.00340. The summed E-state index contributed by atoms with van der Waals surface area (Å²) in [7, 11) is 1.99. The molecule has 28 heavy (non-hydrogen) atoms. The molecule has 0 bridgehead atoms. The number of ether oxygens (including phenoxy) is 3. The molecular formula is C23H31NO4. The maximum Gasteiger partial charge on any atom is 0.161 e. The number of nitrogens with zero attached hydrogens (tertiary/aromatic N) is 1. The number of hydrogen-bond donors (Lipinski definition) is 1. The maximum atomic E-state index is 10.4. The second-order valence-electron chi connectivity index (χ2n) is 8.39. The van der Waals surface area contributed by atoms with Crippen LogP contribution in [0.3, 0.4) is 0 Å². The number of likely N-dealkylation sites (N-methyl/N-ethyl adjacent to an activating group) is 1. The summed E-state index contributed by atoms with van der Waals surface area (Å²) in [4.78, 5) is 2.08. The first-order valence-electron chi connectivity index (χ1n) is 9.80. The lowest BCUT2D eigenvalue weighted by Gasteiger charge is -2.25. The molecule has 0 spiro atoms. The number of hydrogen-bond acceptors (Lipinski definition) is 5. The third-order valence-electron chi connectivity index (χ3n) is 4.71. The monoisotopic (exact) mass is 385 g/mol. The number of aliphatic hydroxyl groups is 1. The Kier molecular flexibility index (Phi) is 6.47. The Bertz CT molecular complexity index is 784. The molecule has 0 fully saturated rings. The van der Waals surface area contributed by atoms with Crippen molar-refractivity contribution in [2.75, 3.05) is 33.4 Å². The van der Waals surface area contributed by atoms with Crippen LogP contribution in [0.25, 0.3) is 0 Å². The Morgan fingerprint density at radius 1 is 1.07 bits per heavy atom. The van der Waals surface area contributed by atoms with Gasteiger partial charge in [0.2, 0.25) is 0 Å². The molecule has 0 saturated heterocycles. The van der Waals surface area contributed by atoms with E-state index < -0.39 is 6.10 Å². The van der Waals surface area contributed by atoms with Gasteiger partial charge in [0.05, 0.1) is 0 Å². The Hall–Kier alpha value is -2.24. The van der Waals surface area contributed by atoms with Crippen molar-refractivity contribution < 1.29 is 19.3 Å². The molecule has 2 aromatic carbocycles. The van der Waals surface area contributed by atoms with Gasteiger partial charge in [0.1, 0.15) is 31.7 Å². The van der Waals surface area contributed by atoms with Crippen LogP contribution in [-0.2, 0) is 12.0 Å². The van der Waals surface area contributed by atoms with Gasteiger partial charge in [-0.15, -0.1) is 0 Å². The third-order valence-corrected chi connectivity index (χ3v) is 4.71. The van der Waals surface area contributed by atoms with Crippen molar-refractivity contribution in [2.45, 2.75) is 38.8 Å². The first-order chi connectivity index (χ1) is 13.3. The third kappa shape index (κ3) is 5.40. The van der Waals surface area contributed by atoms with Gasteiger partial charge in [0.15, 0.2) is 11.5 Å². The van der Waals surface area contributed by atoms with Crippen LogP contribution in [0.2, 0.25) is 0 Å². The number of aliphatic hydroxyl groups excluding tert-OH is 1. The van der Waals surface area contributed by atoms with Gasteiger partial charge in [-0.1, -0.05) is 45.0 Å². The summed E-state index contributed by atoms with van der Waals surface area (Å²) in [6, 6.07) is 14.0. The number of fused-ring (bicyclic) bond motifs is 1. The zero-order valence-electron chi connectivity index (χ0n) is 17.3. The van der Waals surface area contributed by atoms with Crippen molar-refractivity contribution in [1.82, 2.24) is 4.90 Å². The zero-order chi connectivity index (χ0) is 20.1. The maximum absolute atomic E-state index is 10.4. The molecule has 0 amide bonds. The van der Waals surface area contributed by atoms with Gasteiger partial charge in [0.25, 0.3) is 0 Å². The molecule has 5 heteroatoms. The van der Waals surface area contributed by atoms with E-state index in [1.54, 1.807) is 0 Å². The molecule has 1 atom stereocenters. The van der Waals surface area contributed by atoms with E-state index in [4.69, 9.17) is 14.2 Å². The highest BCUT2D eigenvalue weighted by atomic mass is 16.6. The summed E-state index contributed by atoms with van der Waals surface area (Å²) in [5.74, 6) is 2.42. The van der Waals surface area contributed by atoms with E-state index in [2.05, 4.69) is 31.7 Å². The quantitative estimate of drug-likeness (QED) is 0.789. The summed E-state index contributed by atoms with van der Waals surface area (Å²) in [6.45, 7) is 9.15. The molecule has 1 aliphatic heterocycles. The molecule has 0 aliphatic carbocycles. The number of benzene rings is 2. The van der Waals surface area contributed by atoms with Crippen molar-refractivity contribution in [2.24, 2.45) is 0 Å². The smallest absolute Gasteiger partial charge is 0.161 e. The molecule has 152 valence electrons. The highest BCUT2D eigenvalue weighted by molar-refractivity contribution is 5.43. The van der Waals surface area contributed by atoms with Gasteiger partial charge in [-0.25, -0.2) is 0 Å². The van der Waals surface area contributed by atoms with Crippen molar-refractivity contribution in [3.63, 3.8) is 0 Å². The van der Waals surface area contributed by atoms with Crippen LogP contribution in [0.4, 0.5) is 0 Å². The lowest BCUT2D eigenvalue weighted by atomic mass is 9.86. The summed E-state index contributed by atoms with van der Waals surface area (Å²) < 4.78 is 17.1. The fraction of sp³-hybridized carbons (Fsp3) is 0.478. The summed E-state index contributed by atoms with van der Waals surface area (Å²) in [6.07, 6.45) is -0.574. The Labute approximate surface area is 167 Å². The fourth-order valence-corrected chi connectivity index (χ4v) is 3.37. The molecule has 3 rings (SSSR count). The van der Waals surface area contributed by atoms with Crippen molar-refractivity contribution in [3.05, 3.63) is 53.6 Å². The molecule has 2 aromatic rings. The van der Waals surface area contributed by atoms with Gasteiger partial charge in [-0.2, -0.15) is 0 Å². The van der Waals surface area contributed by atoms with Crippen LogP contribution in [-0.4, -0.2) is 49.5 Å². The van der Waals surface area contributed by atoms with E-state index in [0.29, 0.717) is 26.3 Å². The van der Waals surface area contributed by atoms with Gasteiger partial charge in [0, 0.05) is 13.1 Å². The molecule has 1 heterocycles. The van der Waals surface area contributed by atoms with Crippen LogP contribution in [0.1, 0.15) is 31.9 Å². The summed E-state index contributed by atoms with van der Waals surface area (Å²) in [5, 5.41) is 10.4. The SMILES string of the molecule is CN(Cc1ccc2c(c1)OCCO2)C[C@@H](O)COc1ccccc1C(C)(C)C. The second kappa shape index (κ2) is 8.84. The van der Waals surface area contributed by atoms with Gasteiger partial charge >= 0.3 is 0 Å². The van der Waals surface area contributed by atoms with Gasteiger partial charge in [-0.05, 0) is 41.8 Å². The molecule has 0 unspecified atom stereocenters. The Morgan fingerprint density at radius 2 is 1.79 bits per heavy atom. The molecule has 0 saturated carbocycles. The topological polar surface area (TPSA) is 51.2 Å². The number of rotatable bonds is 7. The van der Waals surface area contributed by atoms with Crippen molar-refractivity contribution in [1.29, 1.82) is 0 Å². The molecule has 1 N–H and O–H groups in total. The average Bonchev–Trinajstić information content (AvgIpc) is 2.65. The standard InChI is InChI=1S/C23H31NO4/c1-23(2,3)19-7-5-6-8-20(19)28-16-18(25)15-24(4)14-17-9-10-21-22(13-17)27-12-11-26-21/h5-10,13,18,25H,11-12,14-16H2,1-4H3/t18-/m1/s1. The highest BCUT2D eigenvalue weighted by Gasteiger charge is 2.19. The van der Waals surface area contributed by atoms with E-state index >= 15 is 0 Å². The average molecular weight is 386 g/mol. The minimum Gasteiger partial charge on any atom is -0.491 e. The normalized spacial score (nSPS) is 14.8. The van der Waals surface area contributed by atoms with Gasteiger partial charge < -0.3 is 19.3 Å². The fourth-order valence-electron chi connectivity index (χ4n) is 3.37. The van der Waals surface area contributed by atoms with E-state index in [9.17, 15) is 5.11 Å². The van der Waals surface area contributed by atoms with E-state index in [1.807, 2.05) is 43.4 Å². The first-order valence-corrected chi connectivity index (χ1v) is 9.80. The van der Waals surface area contributed by atoms with Crippen LogP contribution >= 0.6 is 0 Å². The predicted molar refractivity (Wildman–Crippen MR) is 110 cm³/mol. The lowest BCUT2D eigenvalue weighted by molar-refractivity contribution is 0.0736. The minimum atomic E-state index is -0.574. The molecular weight excluding hydrogens is 354 g/mol. The Balaban J connectivity index is 1.52. The van der Waals surface area contributed by atoms with E-state index in [-0.39, 0.29) is 12.0 Å². The highest BCUT2D eigenvalue weighted by Crippen LogP contribution is 2.32. The molecule has 5 nitrogen and oxygen atoms in total.